The lowest BCUT2D eigenvalue weighted by molar-refractivity contribution is -0.153. The SMILES string of the molecule is CCC(OC1C=C(C(=O)c2ccc(F)cc2)c2ccccc2O1)N1CCCCC1. The molecule has 1 fully saturated rings. The van der Waals surface area contributed by atoms with Crippen LogP contribution in [0.25, 0.3) is 5.57 Å². The standard InChI is InChI=1S/C24H26FNO3/c1-2-22(26-14-6-3-7-15-26)29-23-16-20(19-8-4-5-9-21(19)28-23)24(27)17-10-12-18(25)13-11-17/h4-5,8-13,16,22-23H,2-3,6-7,14-15H2,1H3. The van der Waals surface area contributed by atoms with Crippen LogP contribution in [0, 0.1) is 5.82 Å². The summed E-state index contributed by atoms with van der Waals surface area (Å²) >= 11 is 0. The van der Waals surface area contributed by atoms with Gasteiger partial charge >= 0.3 is 0 Å². The minimum Gasteiger partial charge on any atom is -0.461 e. The predicted molar refractivity (Wildman–Crippen MR) is 110 cm³/mol. The lowest BCUT2D eigenvalue weighted by atomic mass is 9.94. The van der Waals surface area contributed by atoms with Gasteiger partial charge in [0.1, 0.15) is 17.8 Å². The van der Waals surface area contributed by atoms with Crippen molar-refractivity contribution in [3.63, 3.8) is 0 Å². The highest BCUT2D eigenvalue weighted by molar-refractivity contribution is 6.29. The van der Waals surface area contributed by atoms with E-state index < -0.39 is 6.29 Å². The number of carbonyl (C=O) groups is 1. The molecule has 2 aliphatic rings. The number of carbonyl (C=O) groups excluding carboxylic acids is 1. The fraction of sp³-hybridized carbons (Fsp3) is 0.375. The number of likely N-dealkylation sites (tertiary alicyclic amines) is 1. The van der Waals surface area contributed by atoms with E-state index in [2.05, 4.69) is 11.8 Å². The van der Waals surface area contributed by atoms with E-state index in [1.807, 2.05) is 24.3 Å². The Labute approximate surface area is 170 Å². The Hall–Kier alpha value is -2.50. The predicted octanol–water partition coefficient (Wildman–Crippen LogP) is 5.05. The number of ketones is 1. The average molecular weight is 395 g/mol. The molecular formula is C24H26FNO3. The van der Waals surface area contributed by atoms with E-state index >= 15 is 0 Å². The zero-order valence-electron chi connectivity index (χ0n) is 16.6. The number of nitrogens with zero attached hydrogens (tertiary/aromatic N) is 1. The molecular weight excluding hydrogens is 369 g/mol. The maximum atomic E-state index is 13.3. The topological polar surface area (TPSA) is 38.8 Å². The zero-order chi connectivity index (χ0) is 20.2. The van der Waals surface area contributed by atoms with Gasteiger partial charge in [0.15, 0.2) is 5.78 Å². The summed E-state index contributed by atoms with van der Waals surface area (Å²) in [6.45, 7) is 4.14. The third-order valence-electron chi connectivity index (χ3n) is 5.51. The molecule has 4 rings (SSSR count). The summed E-state index contributed by atoms with van der Waals surface area (Å²) in [6.07, 6.45) is 5.52. The number of para-hydroxylation sites is 1. The highest BCUT2D eigenvalue weighted by Gasteiger charge is 2.29. The first-order valence-electron chi connectivity index (χ1n) is 10.3. The number of hydrogen-bond acceptors (Lipinski definition) is 4. The zero-order valence-corrected chi connectivity index (χ0v) is 16.6. The molecule has 0 amide bonds. The second-order valence-electron chi connectivity index (χ2n) is 7.49. The molecule has 2 heterocycles. The van der Waals surface area contributed by atoms with Crippen LogP contribution in [0.5, 0.6) is 5.75 Å². The summed E-state index contributed by atoms with van der Waals surface area (Å²) in [5.74, 6) is 0.0933. The van der Waals surface area contributed by atoms with Crippen LogP contribution in [-0.4, -0.2) is 36.3 Å². The Morgan fingerprint density at radius 1 is 1.14 bits per heavy atom. The Bertz CT molecular complexity index is 887. The summed E-state index contributed by atoms with van der Waals surface area (Å²) in [4.78, 5) is 15.5. The number of piperidine rings is 1. The van der Waals surface area contributed by atoms with Gasteiger partial charge in [-0.15, -0.1) is 0 Å². The van der Waals surface area contributed by atoms with Crippen LogP contribution < -0.4 is 4.74 Å². The van der Waals surface area contributed by atoms with E-state index in [1.165, 1.54) is 43.5 Å². The number of halogens is 1. The van der Waals surface area contributed by atoms with Crippen LogP contribution >= 0.6 is 0 Å². The third kappa shape index (κ3) is 4.41. The van der Waals surface area contributed by atoms with E-state index in [0.29, 0.717) is 16.9 Å². The maximum Gasteiger partial charge on any atom is 0.222 e. The minimum atomic E-state index is -0.642. The molecule has 2 aromatic carbocycles. The minimum absolute atomic E-state index is 0.0519. The van der Waals surface area contributed by atoms with Crippen LogP contribution in [0.1, 0.15) is 48.5 Å². The molecule has 2 aromatic rings. The molecule has 0 aromatic heterocycles. The van der Waals surface area contributed by atoms with Gasteiger partial charge in [-0.05, 0) is 55.7 Å². The fourth-order valence-electron chi connectivity index (χ4n) is 4.00. The third-order valence-corrected chi connectivity index (χ3v) is 5.51. The van der Waals surface area contributed by atoms with Gasteiger partial charge in [-0.2, -0.15) is 0 Å². The van der Waals surface area contributed by atoms with Crippen molar-refractivity contribution in [1.82, 2.24) is 4.90 Å². The molecule has 1 saturated heterocycles. The number of allylic oxidation sites excluding steroid dienone is 1. The van der Waals surface area contributed by atoms with E-state index in [9.17, 15) is 9.18 Å². The number of hydrogen-bond donors (Lipinski definition) is 0. The fourth-order valence-corrected chi connectivity index (χ4v) is 4.00. The maximum absolute atomic E-state index is 13.3. The summed E-state index contributed by atoms with van der Waals surface area (Å²) in [7, 11) is 0. The molecule has 5 heteroatoms. The van der Waals surface area contributed by atoms with E-state index in [1.54, 1.807) is 6.08 Å². The summed E-state index contributed by atoms with van der Waals surface area (Å²) in [5.41, 5.74) is 1.70. The number of ether oxygens (including phenoxy) is 2. The Kier molecular flexibility index (Phi) is 6.07. The molecule has 0 saturated carbocycles. The van der Waals surface area contributed by atoms with Gasteiger partial charge in [0.05, 0.1) is 0 Å². The number of fused-ring (bicyclic) bond motifs is 1. The molecule has 0 bridgehead atoms. The first kappa shape index (κ1) is 19.8. The van der Waals surface area contributed by atoms with Crippen LogP contribution in [-0.2, 0) is 4.74 Å². The Balaban J connectivity index is 1.61. The van der Waals surface area contributed by atoms with E-state index in [-0.39, 0.29) is 17.8 Å². The quantitative estimate of drug-likeness (QED) is 0.642. The van der Waals surface area contributed by atoms with Crippen molar-refractivity contribution < 1.29 is 18.7 Å². The largest absolute Gasteiger partial charge is 0.461 e. The summed E-state index contributed by atoms with van der Waals surface area (Å²) < 4.78 is 25.6. The lowest BCUT2D eigenvalue weighted by Gasteiger charge is -2.36. The molecule has 2 unspecified atom stereocenters. The van der Waals surface area contributed by atoms with Gasteiger partial charge in [-0.1, -0.05) is 31.5 Å². The Morgan fingerprint density at radius 2 is 1.86 bits per heavy atom. The number of benzene rings is 2. The second kappa shape index (κ2) is 8.89. The number of rotatable bonds is 6. The Morgan fingerprint density at radius 3 is 2.59 bits per heavy atom. The highest BCUT2D eigenvalue weighted by Crippen LogP contribution is 2.35. The van der Waals surface area contributed by atoms with Crippen molar-refractivity contribution in [3.8, 4) is 5.75 Å². The first-order valence-corrected chi connectivity index (χ1v) is 10.3. The second-order valence-corrected chi connectivity index (χ2v) is 7.49. The molecule has 2 atom stereocenters. The van der Waals surface area contributed by atoms with Gasteiger partial charge in [-0.25, -0.2) is 4.39 Å². The van der Waals surface area contributed by atoms with Crippen molar-refractivity contribution in [2.45, 2.75) is 45.1 Å². The summed E-state index contributed by atoms with van der Waals surface area (Å²) in [6, 6.07) is 13.1. The molecule has 152 valence electrons. The highest BCUT2D eigenvalue weighted by atomic mass is 19.1. The van der Waals surface area contributed by atoms with Crippen molar-refractivity contribution in [2.24, 2.45) is 0 Å². The molecule has 0 spiro atoms. The molecule has 0 aliphatic carbocycles. The molecule has 29 heavy (non-hydrogen) atoms. The van der Waals surface area contributed by atoms with E-state index in [4.69, 9.17) is 9.47 Å². The van der Waals surface area contributed by atoms with Crippen LogP contribution in [0.15, 0.2) is 54.6 Å². The molecule has 4 nitrogen and oxygen atoms in total. The summed E-state index contributed by atoms with van der Waals surface area (Å²) in [5, 5.41) is 0. The van der Waals surface area contributed by atoms with Crippen molar-refractivity contribution >= 4 is 11.4 Å². The van der Waals surface area contributed by atoms with Gasteiger partial charge in [0.2, 0.25) is 6.29 Å². The van der Waals surface area contributed by atoms with Gasteiger partial charge in [0, 0.05) is 29.8 Å². The average Bonchev–Trinajstić information content (AvgIpc) is 2.77. The monoisotopic (exact) mass is 395 g/mol. The van der Waals surface area contributed by atoms with Crippen molar-refractivity contribution in [3.05, 3.63) is 71.6 Å². The molecule has 0 N–H and O–H groups in total. The smallest absolute Gasteiger partial charge is 0.222 e. The van der Waals surface area contributed by atoms with E-state index in [0.717, 1.165) is 25.1 Å². The first-order chi connectivity index (χ1) is 14.2. The normalized spacial score (nSPS) is 20.3. The van der Waals surface area contributed by atoms with Crippen molar-refractivity contribution in [2.75, 3.05) is 13.1 Å². The van der Waals surface area contributed by atoms with Crippen LogP contribution in [0.3, 0.4) is 0 Å². The van der Waals surface area contributed by atoms with Crippen LogP contribution in [0.4, 0.5) is 4.39 Å². The van der Waals surface area contributed by atoms with Crippen LogP contribution in [0.2, 0.25) is 0 Å². The molecule has 0 radical (unpaired) electrons. The van der Waals surface area contributed by atoms with Crippen molar-refractivity contribution in [1.29, 1.82) is 0 Å². The van der Waals surface area contributed by atoms with Gasteiger partial charge in [-0.3, -0.25) is 9.69 Å². The number of Topliss-reactive ketones (excluding diaryl/α,β-unsaturated/α-hetero) is 1. The molecule has 2 aliphatic heterocycles. The lowest BCUT2D eigenvalue weighted by Crippen LogP contribution is -2.43. The van der Waals surface area contributed by atoms with Gasteiger partial charge in [0.25, 0.3) is 0 Å². The van der Waals surface area contributed by atoms with Gasteiger partial charge < -0.3 is 9.47 Å².